The molecule has 1 fully saturated rings. The molecule has 3 aromatic rings. The Hall–Kier alpha value is -2.25. The van der Waals surface area contributed by atoms with Crippen LogP contribution in [-0.4, -0.2) is 40.3 Å². The number of hydrogen-bond donors (Lipinski definition) is 0. The molecule has 0 amide bonds. The number of rotatable bonds is 6. The number of sulfonamides is 1. The molecule has 27 heavy (non-hydrogen) atoms. The molecule has 0 unspecified atom stereocenters. The lowest BCUT2D eigenvalue weighted by molar-refractivity contribution is 0.448. The van der Waals surface area contributed by atoms with Crippen molar-refractivity contribution in [3.05, 3.63) is 60.0 Å². The molecule has 7 heteroatoms. The van der Waals surface area contributed by atoms with Gasteiger partial charge in [-0.1, -0.05) is 37.3 Å². The van der Waals surface area contributed by atoms with Crippen molar-refractivity contribution in [1.82, 2.24) is 18.8 Å². The lowest BCUT2D eigenvalue weighted by Gasteiger charge is -2.18. The molecule has 0 aliphatic carbocycles. The van der Waals surface area contributed by atoms with E-state index in [0.717, 1.165) is 41.8 Å². The van der Waals surface area contributed by atoms with Crippen molar-refractivity contribution < 1.29 is 8.42 Å². The third kappa shape index (κ3) is 3.61. The summed E-state index contributed by atoms with van der Waals surface area (Å²) in [6.07, 6.45) is 4.41. The summed E-state index contributed by atoms with van der Waals surface area (Å²) in [6, 6.07) is 13.3. The minimum absolute atomic E-state index is 0.0469. The number of imidazole rings is 1. The molecule has 0 bridgehead atoms. The van der Waals surface area contributed by atoms with Crippen LogP contribution in [0, 0.1) is 0 Å². The minimum atomic E-state index is -3.34. The molecule has 1 saturated heterocycles. The first kappa shape index (κ1) is 18.1. The molecule has 1 atom stereocenters. The van der Waals surface area contributed by atoms with Crippen molar-refractivity contribution in [2.45, 2.75) is 38.0 Å². The predicted octanol–water partition coefficient (Wildman–Crippen LogP) is 3.16. The van der Waals surface area contributed by atoms with Crippen molar-refractivity contribution in [2.24, 2.45) is 0 Å². The molecule has 0 spiro atoms. The van der Waals surface area contributed by atoms with Gasteiger partial charge in [0, 0.05) is 25.7 Å². The van der Waals surface area contributed by atoms with Gasteiger partial charge in [0.05, 0.1) is 11.8 Å². The number of pyridine rings is 1. The first-order valence-electron chi connectivity index (χ1n) is 9.42. The Balaban J connectivity index is 1.59. The lowest BCUT2D eigenvalue weighted by atomic mass is 10.2. The Labute approximate surface area is 159 Å². The molecule has 1 aliphatic heterocycles. The van der Waals surface area contributed by atoms with E-state index in [1.165, 1.54) is 0 Å². The predicted molar refractivity (Wildman–Crippen MR) is 106 cm³/mol. The molecule has 2 aromatic heterocycles. The van der Waals surface area contributed by atoms with Gasteiger partial charge in [-0.25, -0.2) is 18.4 Å². The Kier molecular flexibility index (Phi) is 4.97. The van der Waals surface area contributed by atoms with Gasteiger partial charge in [0.1, 0.15) is 11.3 Å². The zero-order chi connectivity index (χ0) is 18.9. The first-order valence-corrected chi connectivity index (χ1v) is 11.0. The summed E-state index contributed by atoms with van der Waals surface area (Å²) in [6.45, 7) is 3.15. The summed E-state index contributed by atoms with van der Waals surface area (Å²) in [5.74, 6) is 1.05. The second-order valence-electron chi connectivity index (χ2n) is 7.04. The summed E-state index contributed by atoms with van der Waals surface area (Å²) in [4.78, 5) is 9.25. The van der Waals surface area contributed by atoms with E-state index in [2.05, 4.69) is 16.5 Å². The van der Waals surface area contributed by atoms with Crippen LogP contribution in [0.25, 0.3) is 11.2 Å². The highest BCUT2D eigenvalue weighted by molar-refractivity contribution is 7.88. The van der Waals surface area contributed by atoms with E-state index >= 15 is 0 Å². The average Bonchev–Trinajstić information content (AvgIpc) is 3.27. The zero-order valence-electron chi connectivity index (χ0n) is 15.5. The Morgan fingerprint density at radius 3 is 2.74 bits per heavy atom. The van der Waals surface area contributed by atoms with Gasteiger partial charge in [0.15, 0.2) is 5.65 Å². The van der Waals surface area contributed by atoms with Gasteiger partial charge in [-0.15, -0.1) is 0 Å². The summed E-state index contributed by atoms with van der Waals surface area (Å²) >= 11 is 0. The maximum absolute atomic E-state index is 12.9. The second-order valence-corrected chi connectivity index (χ2v) is 9.01. The smallest absolute Gasteiger partial charge is 0.218 e. The van der Waals surface area contributed by atoms with Crippen molar-refractivity contribution >= 4 is 21.2 Å². The van der Waals surface area contributed by atoms with E-state index in [9.17, 15) is 8.42 Å². The van der Waals surface area contributed by atoms with Crippen LogP contribution in [0.15, 0.2) is 48.7 Å². The maximum Gasteiger partial charge on any atom is 0.218 e. The molecule has 1 aromatic carbocycles. The Morgan fingerprint density at radius 2 is 1.96 bits per heavy atom. The van der Waals surface area contributed by atoms with Crippen LogP contribution in [0.4, 0.5) is 0 Å². The van der Waals surface area contributed by atoms with Crippen LogP contribution in [0.1, 0.15) is 37.2 Å². The van der Waals surface area contributed by atoms with Crippen LogP contribution in [0.3, 0.4) is 0 Å². The van der Waals surface area contributed by atoms with Gasteiger partial charge in [-0.3, -0.25) is 0 Å². The van der Waals surface area contributed by atoms with Crippen LogP contribution in [-0.2, 0) is 22.2 Å². The van der Waals surface area contributed by atoms with Crippen molar-refractivity contribution in [3.8, 4) is 0 Å². The number of aryl methyl sites for hydroxylation is 1. The summed E-state index contributed by atoms with van der Waals surface area (Å²) in [5, 5.41) is 0. The van der Waals surface area contributed by atoms with Crippen LogP contribution in [0.2, 0.25) is 0 Å². The number of aromatic nitrogens is 3. The highest BCUT2D eigenvalue weighted by atomic mass is 32.2. The normalized spacial score (nSPS) is 18.3. The molecule has 3 heterocycles. The molecule has 6 nitrogen and oxygen atoms in total. The van der Waals surface area contributed by atoms with Gasteiger partial charge in [-0.05, 0) is 30.5 Å². The van der Waals surface area contributed by atoms with Gasteiger partial charge >= 0.3 is 0 Å². The first-order chi connectivity index (χ1) is 13.1. The fourth-order valence-corrected chi connectivity index (χ4v) is 5.39. The van der Waals surface area contributed by atoms with E-state index in [0.29, 0.717) is 13.1 Å². The van der Waals surface area contributed by atoms with Crippen molar-refractivity contribution in [2.75, 3.05) is 13.1 Å². The molecular formula is C20H24N4O2S. The fraction of sp³-hybridized carbons (Fsp3) is 0.400. The zero-order valence-corrected chi connectivity index (χ0v) is 16.3. The minimum Gasteiger partial charge on any atom is -0.308 e. The standard InChI is InChI=1S/C20H24N4O2S/c1-2-7-19-22-18-10-6-12-21-20(18)24(19)17-11-13-23(14-17)27(25,26)15-16-8-4-3-5-9-16/h3-6,8-10,12,17H,2,7,11,13-15H2,1H3/t17-/m0/s1. The maximum atomic E-state index is 12.9. The Bertz CT molecular complexity index is 1030. The number of hydrogen-bond acceptors (Lipinski definition) is 4. The number of fused-ring (bicyclic) bond motifs is 1. The molecule has 0 N–H and O–H groups in total. The molecule has 0 saturated carbocycles. The quantitative estimate of drug-likeness (QED) is 0.655. The SMILES string of the molecule is CCCc1nc2cccnc2n1[C@H]1CCN(S(=O)(=O)Cc2ccccc2)C1. The van der Waals surface area contributed by atoms with Crippen LogP contribution < -0.4 is 0 Å². The number of nitrogens with zero attached hydrogens (tertiary/aromatic N) is 4. The molecule has 4 rings (SSSR count). The average molecular weight is 385 g/mol. The summed E-state index contributed by atoms with van der Waals surface area (Å²) < 4.78 is 29.5. The second kappa shape index (κ2) is 7.40. The fourth-order valence-electron chi connectivity index (χ4n) is 3.81. The molecule has 0 radical (unpaired) electrons. The van der Waals surface area contributed by atoms with Crippen molar-refractivity contribution in [3.63, 3.8) is 0 Å². The monoisotopic (exact) mass is 384 g/mol. The topological polar surface area (TPSA) is 68.1 Å². The molecular weight excluding hydrogens is 360 g/mol. The van der Waals surface area contributed by atoms with Crippen LogP contribution in [0.5, 0.6) is 0 Å². The largest absolute Gasteiger partial charge is 0.308 e. The van der Waals surface area contributed by atoms with Gasteiger partial charge < -0.3 is 4.57 Å². The van der Waals surface area contributed by atoms with E-state index in [1.807, 2.05) is 42.5 Å². The summed E-state index contributed by atoms with van der Waals surface area (Å²) in [5.41, 5.74) is 2.56. The van der Waals surface area contributed by atoms with E-state index < -0.39 is 10.0 Å². The van der Waals surface area contributed by atoms with E-state index in [4.69, 9.17) is 4.98 Å². The van der Waals surface area contributed by atoms with Crippen LogP contribution >= 0.6 is 0 Å². The van der Waals surface area contributed by atoms with Gasteiger partial charge in [0.25, 0.3) is 0 Å². The third-order valence-electron chi connectivity index (χ3n) is 5.07. The molecule has 1 aliphatic rings. The van der Waals surface area contributed by atoms with E-state index in [1.54, 1.807) is 10.5 Å². The lowest BCUT2D eigenvalue weighted by Crippen LogP contribution is -2.30. The highest BCUT2D eigenvalue weighted by Crippen LogP contribution is 2.30. The van der Waals surface area contributed by atoms with E-state index in [-0.39, 0.29) is 11.8 Å². The Morgan fingerprint density at radius 1 is 1.15 bits per heavy atom. The van der Waals surface area contributed by atoms with Crippen molar-refractivity contribution in [1.29, 1.82) is 0 Å². The van der Waals surface area contributed by atoms with Gasteiger partial charge in [0.2, 0.25) is 10.0 Å². The van der Waals surface area contributed by atoms with Gasteiger partial charge in [-0.2, -0.15) is 4.31 Å². The summed E-state index contributed by atoms with van der Waals surface area (Å²) in [7, 11) is -3.34. The highest BCUT2D eigenvalue weighted by Gasteiger charge is 2.34. The molecule has 142 valence electrons. The number of benzene rings is 1. The third-order valence-corrected chi connectivity index (χ3v) is 6.89.